The third-order valence-corrected chi connectivity index (χ3v) is 4.74. The van der Waals surface area contributed by atoms with Gasteiger partial charge in [-0.05, 0) is 18.2 Å². The van der Waals surface area contributed by atoms with Gasteiger partial charge in [-0.2, -0.15) is 13.2 Å². The lowest BCUT2D eigenvalue weighted by Gasteiger charge is -2.21. The number of nitrogens with two attached hydrogens (primary N) is 1. The van der Waals surface area contributed by atoms with E-state index in [0.717, 1.165) is 6.20 Å². The van der Waals surface area contributed by atoms with E-state index < -0.39 is 29.1 Å². The van der Waals surface area contributed by atoms with E-state index >= 15 is 0 Å². The van der Waals surface area contributed by atoms with Crippen molar-refractivity contribution in [3.63, 3.8) is 0 Å². The summed E-state index contributed by atoms with van der Waals surface area (Å²) in [4.78, 5) is 36.5. The minimum absolute atomic E-state index is 0.0884. The zero-order valence-electron chi connectivity index (χ0n) is 16.2. The largest absolute Gasteiger partial charge is 0.491 e. The standard InChI is InChI=1S/C18H20F3N3O5S/c1-23(2)24-10-13(16(26)29-17(27)18(19,20)21)15(25)12-9-11(3-4-14(12)24)30-8-7-28-6-5-22/h3-4,9-10H,5-8,22H2,1-2H3. The van der Waals surface area contributed by atoms with Gasteiger partial charge in [0.05, 0.1) is 18.7 Å². The second-order valence-electron chi connectivity index (χ2n) is 6.17. The summed E-state index contributed by atoms with van der Waals surface area (Å²) in [5.41, 5.74) is 4.23. The molecule has 0 amide bonds. The first-order valence-corrected chi connectivity index (χ1v) is 9.65. The highest BCUT2D eigenvalue weighted by atomic mass is 32.2. The fourth-order valence-corrected chi connectivity index (χ4v) is 3.26. The van der Waals surface area contributed by atoms with E-state index in [-0.39, 0.29) is 5.39 Å². The lowest BCUT2D eigenvalue weighted by Crippen LogP contribution is -2.33. The molecule has 0 unspecified atom stereocenters. The Balaban J connectivity index is 2.41. The Morgan fingerprint density at radius 3 is 2.53 bits per heavy atom. The van der Waals surface area contributed by atoms with Gasteiger partial charge in [-0.15, -0.1) is 11.8 Å². The maximum atomic E-state index is 12.8. The van der Waals surface area contributed by atoms with Crippen LogP contribution in [0, 0.1) is 0 Å². The van der Waals surface area contributed by atoms with Gasteiger partial charge >= 0.3 is 18.1 Å². The molecule has 164 valence electrons. The number of halogens is 3. The predicted molar refractivity (Wildman–Crippen MR) is 105 cm³/mol. The Morgan fingerprint density at radius 2 is 1.93 bits per heavy atom. The normalized spacial score (nSPS) is 11.5. The van der Waals surface area contributed by atoms with Crippen LogP contribution in [-0.4, -0.2) is 62.4 Å². The number of hydrogen-bond acceptors (Lipinski definition) is 8. The molecule has 0 saturated carbocycles. The molecule has 0 fully saturated rings. The fraction of sp³-hybridized carbons (Fsp3) is 0.389. The number of rotatable bonds is 8. The highest BCUT2D eigenvalue weighted by molar-refractivity contribution is 7.99. The molecule has 0 atom stereocenters. The Labute approximate surface area is 173 Å². The molecule has 0 radical (unpaired) electrons. The molecule has 12 heteroatoms. The SMILES string of the molecule is CN(C)n1cc(C(=O)OC(=O)C(F)(F)F)c(=O)c2cc(SCCOCCN)ccc21. The second-order valence-corrected chi connectivity index (χ2v) is 7.34. The summed E-state index contributed by atoms with van der Waals surface area (Å²) >= 11 is 1.39. The van der Waals surface area contributed by atoms with Gasteiger partial charge in [0.15, 0.2) is 0 Å². The molecule has 2 N–H and O–H groups in total. The van der Waals surface area contributed by atoms with Gasteiger partial charge < -0.3 is 20.2 Å². The molecule has 0 bridgehead atoms. The van der Waals surface area contributed by atoms with Gasteiger partial charge in [-0.1, -0.05) is 0 Å². The van der Waals surface area contributed by atoms with Crippen molar-refractivity contribution in [3.8, 4) is 0 Å². The number of nitrogens with zero attached hydrogens (tertiary/aromatic N) is 2. The van der Waals surface area contributed by atoms with Crippen molar-refractivity contribution in [1.29, 1.82) is 0 Å². The third kappa shape index (κ3) is 5.74. The molecule has 2 aromatic rings. The number of carbonyl (C=O) groups excluding carboxylic acids is 2. The maximum Gasteiger partial charge on any atom is 0.491 e. The first-order valence-electron chi connectivity index (χ1n) is 8.67. The number of hydrogen-bond donors (Lipinski definition) is 1. The van der Waals surface area contributed by atoms with Gasteiger partial charge in [0.1, 0.15) is 5.56 Å². The van der Waals surface area contributed by atoms with Gasteiger partial charge in [-0.25, -0.2) is 9.59 Å². The summed E-state index contributed by atoms with van der Waals surface area (Å²) < 4.78 is 47.7. The third-order valence-electron chi connectivity index (χ3n) is 3.78. The topological polar surface area (TPSA) is 104 Å². The maximum absolute atomic E-state index is 12.8. The summed E-state index contributed by atoms with van der Waals surface area (Å²) in [6.45, 7) is 1.27. The summed E-state index contributed by atoms with van der Waals surface area (Å²) in [7, 11) is 3.22. The van der Waals surface area contributed by atoms with Crippen LogP contribution in [0.1, 0.15) is 10.4 Å². The number of fused-ring (bicyclic) bond motifs is 1. The van der Waals surface area contributed by atoms with E-state index in [1.54, 1.807) is 26.2 Å². The summed E-state index contributed by atoms with van der Waals surface area (Å²) in [6, 6.07) is 4.93. The van der Waals surface area contributed by atoms with Crippen molar-refractivity contribution in [2.24, 2.45) is 5.73 Å². The number of aromatic nitrogens is 1. The zero-order chi connectivity index (χ0) is 22.5. The van der Waals surface area contributed by atoms with Crippen LogP contribution >= 0.6 is 11.8 Å². The molecule has 0 aliphatic heterocycles. The molecule has 1 aromatic carbocycles. The summed E-state index contributed by atoms with van der Waals surface area (Å²) in [5.74, 6) is -3.78. The number of pyridine rings is 1. The van der Waals surface area contributed by atoms with Crippen LogP contribution in [0.5, 0.6) is 0 Å². The molecular weight excluding hydrogens is 427 g/mol. The Kier molecular flexibility index (Phi) is 7.87. The van der Waals surface area contributed by atoms with Crippen LogP contribution in [-0.2, 0) is 14.3 Å². The average molecular weight is 447 g/mol. The average Bonchev–Trinajstić information content (AvgIpc) is 2.67. The number of alkyl halides is 3. The molecule has 1 heterocycles. The van der Waals surface area contributed by atoms with E-state index in [4.69, 9.17) is 10.5 Å². The van der Waals surface area contributed by atoms with Gasteiger partial charge in [-0.3, -0.25) is 9.47 Å². The number of thioether (sulfide) groups is 1. The van der Waals surface area contributed by atoms with E-state index in [1.807, 2.05) is 0 Å². The Bertz CT molecular complexity index is 991. The van der Waals surface area contributed by atoms with Crippen molar-refractivity contribution in [2.75, 3.05) is 44.6 Å². The lowest BCUT2D eigenvalue weighted by atomic mass is 10.1. The van der Waals surface area contributed by atoms with Crippen molar-refractivity contribution in [1.82, 2.24) is 4.68 Å². The first kappa shape index (κ1) is 23.7. The molecular formula is C18H20F3N3O5S. The van der Waals surface area contributed by atoms with Crippen molar-refractivity contribution in [3.05, 3.63) is 40.2 Å². The molecule has 8 nitrogen and oxygen atoms in total. The summed E-state index contributed by atoms with van der Waals surface area (Å²) in [5, 5.41) is 1.60. The highest BCUT2D eigenvalue weighted by Gasteiger charge is 2.43. The first-order chi connectivity index (χ1) is 14.1. The molecule has 1 aromatic heterocycles. The van der Waals surface area contributed by atoms with Gasteiger partial charge in [0, 0.05) is 42.9 Å². The van der Waals surface area contributed by atoms with Gasteiger partial charge in [0.2, 0.25) is 5.43 Å². The van der Waals surface area contributed by atoms with Gasteiger partial charge in [0.25, 0.3) is 0 Å². The van der Waals surface area contributed by atoms with Crippen molar-refractivity contribution >= 4 is 34.6 Å². The van der Waals surface area contributed by atoms with Crippen LogP contribution < -0.4 is 16.2 Å². The predicted octanol–water partition coefficient (Wildman–Crippen LogP) is 1.51. The monoisotopic (exact) mass is 447 g/mol. The Hall–Kier alpha value is -2.57. The van der Waals surface area contributed by atoms with E-state index in [2.05, 4.69) is 4.74 Å². The van der Waals surface area contributed by atoms with Crippen LogP contribution in [0.2, 0.25) is 0 Å². The van der Waals surface area contributed by atoms with E-state index in [1.165, 1.54) is 27.5 Å². The molecule has 0 aliphatic rings. The fourth-order valence-electron chi connectivity index (χ4n) is 2.46. The zero-order valence-corrected chi connectivity index (χ0v) is 17.0. The van der Waals surface area contributed by atoms with Crippen molar-refractivity contribution in [2.45, 2.75) is 11.1 Å². The number of carbonyl (C=O) groups is 2. The summed E-state index contributed by atoms with van der Waals surface area (Å²) in [6.07, 6.45) is -4.33. The van der Waals surface area contributed by atoms with Crippen molar-refractivity contribution < 1.29 is 32.2 Å². The van der Waals surface area contributed by atoms with E-state index in [0.29, 0.717) is 35.9 Å². The lowest BCUT2D eigenvalue weighted by molar-refractivity contribution is -0.193. The Morgan fingerprint density at radius 1 is 1.23 bits per heavy atom. The molecule has 0 saturated heterocycles. The molecule has 0 aliphatic carbocycles. The van der Waals surface area contributed by atoms with Crippen LogP contribution in [0.25, 0.3) is 10.9 Å². The number of esters is 2. The second kappa shape index (κ2) is 9.96. The minimum atomic E-state index is -5.36. The smallest absolute Gasteiger partial charge is 0.382 e. The quantitative estimate of drug-likeness (QED) is 0.281. The van der Waals surface area contributed by atoms with E-state index in [9.17, 15) is 27.6 Å². The highest BCUT2D eigenvalue weighted by Crippen LogP contribution is 2.23. The van der Waals surface area contributed by atoms with Crippen LogP contribution in [0.15, 0.2) is 34.1 Å². The molecule has 2 rings (SSSR count). The van der Waals surface area contributed by atoms with Crippen LogP contribution in [0.4, 0.5) is 13.2 Å². The number of benzene rings is 1. The molecule has 0 spiro atoms. The minimum Gasteiger partial charge on any atom is -0.382 e. The molecule has 30 heavy (non-hydrogen) atoms. The van der Waals surface area contributed by atoms with Crippen LogP contribution in [0.3, 0.4) is 0 Å². The number of ether oxygens (including phenoxy) is 2.